The van der Waals surface area contributed by atoms with Crippen LogP contribution in [0.4, 0.5) is 5.69 Å². The second-order valence-electron chi connectivity index (χ2n) is 4.62. The summed E-state index contributed by atoms with van der Waals surface area (Å²) in [5, 5.41) is 12.6. The molecule has 0 bridgehead atoms. The van der Waals surface area contributed by atoms with Gasteiger partial charge in [-0.3, -0.25) is 0 Å². The zero-order valence-electron chi connectivity index (χ0n) is 9.88. The van der Waals surface area contributed by atoms with E-state index in [1.165, 1.54) is 12.8 Å². The summed E-state index contributed by atoms with van der Waals surface area (Å²) in [6.07, 6.45) is 4.71. The molecule has 2 aromatic rings. The Labute approximate surface area is 110 Å². The highest BCUT2D eigenvalue weighted by Gasteiger charge is 2.23. The molecule has 2 N–H and O–H groups in total. The van der Waals surface area contributed by atoms with Crippen molar-refractivity contribution in [2.24, 2.45) is 0 Å². The van der Waals surface area contributed by atoms with Crippen molar-refractivity contribution in [3.8, 4) is 11.4 Å². The summed E-state index contributed by atoms with van der Waals surface area (Å²) in [5.41, 5.74) is 7.26. The number of benzene rings is 1. The highest BCUT2D eigenvalue weighted by molar-refractivity contribution is 6.33. The van der Waals surface area contributed by atoms with Crippen molar-refractivity contribution < 1.29 is 0 Å². The second kappa shape index (κ2) is 4.57. The molecule has 5 nitrogen and oxygen atoms in total. The summed E-state index contributed by atoms with van der Waals surface area (Å²) in [4.78, 5) is 0. The van der Waals surface area contributed by atoms with Crippen LogP contribution in [0.1, 0.15) is 31.7 Å². The molecule has 1 aliphatic rings. The molecular weight excluding hydrogens is 250 g/mol. The van der Waals surface area contributed by atoms with E-state index in [-0.39, 0.29) is 0 Å². The molecule has 3 rings (SSSR count). The van der Waals surface area contributed by atoms with Crippen molar-refractivity contribution in [3.05, 3.63) is 23.2 Å². The summed E-state index contributed by atoms with van der Waals surface area (Å²) in [5.74, 6) is 0.708. The van der Waals surface area contributed by atoms with Gasteiger partial charge in [0.15, 0.2) is 5.82 Å². The highest BCUT2D eigenvalue weighted by atomic mass is 35.5. The molecular formula is C12H14ClN5. The first-order valence-electron chi connectivity index (χ1n) is 6.09. The molecule has 0 atom stereocenters. The van der Waals surface area contributed by atoms with Gasteiger partial charge in [0.05, 0.1) is 11.1 Å². The van der Waals surface area contributed by atoms with Crippen molar-refractivity contribution in [3.63, 3.8) is 0 Å². The summed E-state index contributed by atoms with van der Waals surface area (Å²) < 4.78 is 1.88. The van der Waals surface area contributed by atoms with Crippen molar-refractivity contribution in [2.45, 2.75) is 31.7 Å². The minimum Gasteiger partial charge on any atom is -0.399 e. The van der Waals surface area contributed by atoms with E-state index < -0.39 is 0 Å². The minimum absolute atomic E-state index is 0.382. The largest absolute Gasteiger partial charge is 0.399 e. The third-order valence-corrected chi connectivity index (χ3v) is 3.72. The summed E-state index contributed by atoms with van der Waals surface area (Å²) in [7, 11) is 0. The Morgan fingerprint density at radius 1 is 1.28 bits per heavy atom. The lowest BCUT2D eigenvalue weighted by atomic mass is 10.1. The van der Waals surface area contributed by atoms with E-state index in [9.17, 15) is 0 Å². The van der Waals surface area contributed by atoms with Gasteiger partial charge in [-0.15, -0.1) is 5.10 Å². The number of nitrogen functional groups attached to an aromatic ring is 1. The van der Waals surface area contributed by atoms with Gasteiger partial charge in [0.1, 0.15) is 0 Å². The fraction of sp³-hybridized carbons (Fsp3) is 0.417. The van der Waals surface area contributed by atoms with E-state index in [0.29, 0.717) is 22.6 Å². The Bertz CT molecular complexity index is 559. The molecule has 0 unspecified atom stereocenters. The first-order chi connectivity index (χ1) is 8.75. The molecule has 1 aliphatic carbocycles. The van der Waals surface area contributed by atoms with Crippen molar-refractivity contribution in [1.29, 1.82) is 0 Å². The van der Waals surface area contributed by atoms with Crippen LogP contribution in [-0.2, 0) is 0 Å². The Kier molecular flexibility index (Phi) is 2.91. The molecule has 0 spiro atoms. The molecule has 0 radical (unpaired) electrons. The molecule has 1 aromatic carbocycles. The number of nitrogens with two attached hydrogens (primary N) is 1. The fourth-order valence-electron chi connectivity index (χ4n) is 2.48. The maximum Gasteiger partial charge on any atom is 0.183 e. The van der Waals surface area contributed by atoms with E-state index in [1.807, 2.05) is 10.7 Å². The molecule has 1 fully saturated rings. The van der Waals surface area contributed by atoms with Gasteiger partial charge in [0.25, 0.3) is 0 Å². The van der Waals surface area contributed by atoms with Crippen LogP contribution in [0.2, 0.25) is 5.02 Å². The van der Waals surface area contributed by atoms with Crippen molar-refractivity contribution in [1.82, 2.24) is 20.2 Å². The van der Waals surface area contributed by atoms with Crippen LogP contribution in [0.3, 0.4) is 0 Å². The first-order valence-corrected chi connectivity index (χ1v) is 6.47. The topological polar surface area (TPSA) is 69.6 Å². The van der Waals surface area contributed by atoms with Gasteiger partial charge in [-0.1, -0.05) is 24.4 Å². The highest BCUT2D eigenvalue weighted by Crippen LogP contribution is 2.34. The number of hydrogen-bond donors (Lipinski definition) is 1. The zero-order valence-corrected chi connectivity index (χ0v) is 10.6. The zero-order chi connectivity index (χ0) is 12.5. The third-order valence-electron chi connectivity index (χ3n) is 3.39. The van der Waals surface area contributed by atoms with Crippen LogP contribution in [-0.4, -0.2) is 20.2 Å². The number of hydrogen-bond acceptors (Lipinski definition) is 4. The Morgan fingerprint density at radius 2 is 2.06 bits per heavy atom. The van der Waals surface area contributed by atoms with Gasteiger partial charge in [0, 0.05) is 11.3 Å². The quantitative estimate of drug-likeness (QED) is 0.846. The number of rotatable bonds is 2. The summed E-state index contributed by atoms with van der Waals surface area (Å²) in [6, 6.07) is 5.75. The van der Waals surface area contributed by atoms with E-state index in [1.54, 1.807) is 12.1 Å². The molecule has 0 amide bonds. The number of nitrogens with zero attached hydrogens (tertiary/aromatic N) is 4. The van der Waals surface area contributed by atoms with Crippen LogP contribution in [0.25, 0.3) is 11.4 Å². The molecule has 6 heteroatoms. The molecule has 18 heavy (non-hydrogen) atoms. The van der Waals surface area contributed by atoms with Gasteiger partial charge < -0.3 is 5.73 Å². The molecule has 94 valence electrons. The molecule has 0 saturated heterocycles. The van der Waals surface area contributed by atoms with Crippen LogP contribution in [0.5, 0.6) is 0 Å². The molecule has 1 aromatic heterocycles. The lowest BCUT2D eigenvalue weighted by Crippen LogP contribution is -2.09. The molecule has 1 saturated carbocycles. The van der Waals surface area contributed by atoms with Crippen LogP contribution in [0.15, 0.2) is 18.2 Å². The first kappa shape index (κ1) is 11.5. The van der Waals surface area contributed by atoms with Gasteiger partial charge in [-0.2, -0.15) is 0 Å². The van der Waals surface area contributed by atoms with Crippen LogP contribution in [0, 0.1) is 0 Å². The van der Waals surface area contributed by atoms with Gasteiger partial charge in [-0.25, -0.2) is 4.68 Å². The average molecular weight is 264 g/mol. The van der Waals surface area contributed by atoms with E-state index in [0.717, 1.165) is 18.4 Å². The summed E-state index contributed by atoms with van der Waals surface area (Å²) >= 11 is 6.20. The Hall–Kier alpha value is -1.62. The maximum atomic E-state index is 6.20. The Morgan fingerprint density at radius 3 is 2.83 bits per heavy atom. The smallest absolute Gasteiger partial charge is 0.183 e. The van der Waals surface area contributed by atoms with Crippen molar-refractivity contribution >= 4 is 17.3 Å². The van der Waals surface area contributed by atoms with Crippen LogP contribution >= 0.6 is 11.6 Å². The third kappa shape index (κ3) is 1.95. The Balaban J connectivity index is 2.06. The number of anilines is 1. The number of aromatic nitrogens is 4. The van der Waals surface area contributed by atoms with E-state index in [2.05, 4.69) is 15.5 Å². The molecule has 1 heterocycles. The number of halogens is 1. The predicted octanol–water partition coefficient (Wildman–Crippen LogP) is 2.69. The van der Waals surface area contributed by atoms with Gasteiger partial charge in [-0.05, 0) is 41.5 Å². The van der Waals surface area contributed by atoms with Gasteiger partial charge >= 0.3 is 0 Å². The van der Waals surface area contributed by atoms with E-state index in [4.69, 9.17) is 17.3 Å². The maximum absolute atomic E-state index is 6.20. The van der Waals surface area contributed by atoms with Crippen molar-refractivity contribution in [2.75, 3.05) is 5.73 Å². The van der Waals surface area contributed by atoms with Crippen LogP contribution < -0.4 is 5.73 Å². The average Bonchev–Trinajstić information content (AvgIpc) is 3.00. The number of tetrazole rings is 1. The SMILES string of the molecule is Nc1ccc(Cl)c(-c2nnnn2C2CCCC2)c1. The lowest BCUT2D eigenvalue weighted by molar-refractivity contribution is 0.458. The van der Waals surface area contributed by atoms with E-state index >= 15 is 0 Å². The second-order valence-corrected chi connectivity index (χ2v) is 5.03. The standard InChI is InChI=1S/C12H14ClN5/c13-11-6-5-8(14)7-10(11)12-15-16-17-18(12)9-3-1-2-4-9/h5-7,9H,1-4,14H2. The molecule has 0 aliphatic heterocycles. The fourth-order valence-corrected chi connectivity index (χ4v) is 2.68. The monoisotopic (exact) mass is 263 g/mol. The van der Waals surface area contributed by atoms with Gasteiger partial charge in [0.2, 0.25) is 0 Å². The summed E-state index contributed by atoms with van der Waals surface area (Å²) in [6.45, 7) is 0. The normalized spacial score (nSPS) is 16.3. The lowest BCUT2D eigenvalue weighted by Gasteiger charge is -2.12. The predicted molar refractivity (Wildman–Crippen MR) is 70.2 cm³/mol. The minimum atomic E-state index is 0.382.